The number of benzene rings is 2. The number of para-hydroxylation sites is 1. The molecular weight excluding hydrogens is 370 g/mol. The van der Waals surface area contributed by atoms with E-state index in [2.05, 4.69) is 5.32 Å². The molecule has 1 N–H and O–H groups in total. The van der Waals surface area contributed by atoms with Gasteiger partial charge in [0.25, 0.3) is 17.3 Å². The van der Waals surface area contributed by atoms with Crippen molar-refractivity contribution in [1.29, 1.82) is 0 Å². The third-order valence-electron chi connectivity index (χ3n) is 3.52. The van der Waals surface area contributed by atoms with Crippen LogP contribution in [0.5, 0.6) is 0 Å². The Morgan fingerprint density at radius 2 is 1.79 bits per heavy atom. The third-order valence-corrected chi connectivity index (χ3v) is 3.52. The van der Waals surface area contributed by atoms with Crippen LogP contribution in [0.25, 0.3) is 6.08 Å². The standard InChI is InChI=1S/C18H15N3O7/c1-12(18(23)19-14-6-4-7-15(11-14)20(24)25)28-17(22)10-9-13-5-2-3-8-16(13)21(26)27/h2-12H,1H3,(H,19,23)/b10-9+. The lowest BCUT2D eigenvalue weighted by Crippen LogP contribution is -2.29. The minimum Gasteiger partial charge on any atom is -0.449 e. The van der Waals surface area contributed by atoms with Crippen molar-refractivity contribution < 1.29 is 24.2 Å². The molecular formula is C18H15N3O7. The Morgan fingerprint density at radius 1 is 1.07 bits per heavy atom. The summed E-state index contributed by atoms with van der Waals surface area (Å²) in [6.07, 6.45) is 0.993. The van der Waals surface area contributed by atoms with Crippen LogP contribution in [-0.4, -0.2) is 27.8 Å². The zero-order valence-corrected chi connectivity index (χ0v) is 14.6. The number of hydrogen-bond acceptors (Lipinski definition) is 7. The number of amides is 1. The van der Waals surface area contributed by atoms with Crippen molar-refractivity contribution in [2.45, 2.75) is 13.0 Å². The number of anilines is 1. The van der Waals surface area contributed by atoms with E-state index in [0.29, 0.717) is 0 Å². The number of ether oxygens (including phenoxy) is 1. The second kappa shape index (κ2) is 9.03. The van der Waals surface area contributed by atoms with Crippen molar-refractivity contribution in [3.63, 3.8) is 0 Å². The fourth-order valence-corrected chi connectivity index (χ4v) is 2.16. The molecule has 1 amide bonds. The van der Waals surface area contributed by atoms with Crippen LogP contribution < -0.4 is 5.32 Å². The van der Waals surface area contributed by atoms with Gasteiger partial charge in [-0.15, -0.1) is 0 Å². The number of carbonyl (C=O) groups excluding carboxylic acids is 2. The van der Waals surface area contributed by atoms with E-state index >= 15 is 0 Å². The molecule has 0 spiro atoms. The lowest BCUT2D eigenvalue weighted by molar-refractivity contribution is -0.385. The predicted octanol–water partition coefficient (Wildman–Crippen LogP) is 3.09. The molecule has 0 aromatic heterocycles. The van der Waals surface area contributed by atoms with E-state index in [1.54, 1.807) is 6.07 Å². The molecule has 0 fully saturated rings. The number of nitro benzene ring substituents is 2. The van der Waals surface area contributed by atoms with Gasteiger partial charge in [-0.05, 0) is 25.1 Å². The Kier molecular flexibility index (Phi) is 6.53. The normalized spacial score (nSPS) is 11.6. The summed E-state index contributed by atoms with van der Waals surface area (Å²) in [4.78, 5) is 44.4. The average molecular weight is 385 g/mol. The average Bonchev–Trinajstić information content (AvgIpc) is 2.66. The fraction of sp³-hybridized carbons (Fsp3) is 0.111. The highest BCUT2D eigenvalue weighted by Crippen LogP contribution is 2.19. The van der Waals surface area contributed by atoms with Gasteiger partial charge in [0.1, 0.15) is 0 Å². The van der Waals surface area contributed by atoms with E-state index in [4.69, 9.17) is 4.74 Å². The number of nitro groups is 2. The molecule has 2 aromatic rings. The van der Waals surface area contributed by atoms with E-state index in [1.807, 2.05) is 0 Å². The molecule has 1 atom stereocenters. The first-order chi connectivity index (χ1) is 13.3. The van der Waals surface area contributed by atoms with E-state index < -0.39 is 27.8 Å². The monoisotopic (exact) mass is 385 g/mol. The van der Waals surface area contributed by atoms with Gasteiger partial charge in [0.2, 0.25) is 0 Å². The summed E-state index contributed by atoms with van der Waals surface area (Å²) in [7, 11) is 0. The van der Waals surface area contributed by atoms with Gasteiger partial charge < -0.3 is 10.1 Å². The zero-order valence-electron chi connectivity index (χ0n) is 14.6. The SMILES string of the molecule is CC(OC(=O)/C=C/c1ccccc1[N+](=O)[O-])C(=O)Nc1cccc([N+](=O)[O-])c1. The number of non-ortho nitro benzene ring substituents is 1. The molecule has 2 aromatic carbocycles. The van der Waals surface area contributed by atoms with Gasteiger partial charge in [-0.1, -0.05) is 18.2 Å². The van der Waals surface area contributed by atoms with E-state index in [9.17, 15) is 29.8 Å². The van der Waals surface area contributed by atoms with Crippen LogP contribution in [0.2, 0.25) is 0 Å². The largest absolute Gasteiger partial charge is 0.449 e. The number of nitrogens with one attached hydrogen (secondary N) is 1. The molecule has 0 bridgehead atoms. The summed E-state index contributed by atoms with van der Waals surface area (Å²) in [5.74, 6) is -1.56. The summed E-state index contributed by atoms with van der Waals surface area (Å²) < 4.78 is 4.94. The molecule has 0 radical (unpaired) electrons. The molecule has 2 rings (SSSR count). The van der Waals surface area contributed by atoms with Crippen LogP contribution in [0.1, 0.15) is 12.5 Å². The van der Waals surface area contributed by atoms with Gasteiger partial charge >= 0.3 is 5.97 Å². The molecule has 0 aliphatic carbocycles. The molecule has 144 valence electrons. The highest BCUT2D eigenvalue weighted by molar-refractivity contribution is 5.97. The second-order valence-electron chi connectivity index (χ2n) is 5.53. The minimum absolute atomic E-state index is 0.178. The topological polar surface area (TPSA) is 142 Å². The summed E-state index contributed by atoms with van der Waals surface area (Å²) >= 11 is 0. The Hall–Kier alpha value is -4.08. The summed E-state index contributed by atoms with van der Waals surface area (Å²) in [6.45, 7) is 1.32. The molecule has 10 heteroatoms. The number of rotatable bonds is 7. The number of nitrogens with zero attached hydrogens (tertiary/aromatic N) is 2. The molecule has 0 saturated carbocycles. The number of hydrogen-bond donors (Lipinski definition) is 1. The van der Waals surface area contributed by atoms with E-state index in [0.717, 1.165) is 6.08 Å². The zero-order chi connectivity index (χ0) is 20.7. The molecule has 28 heavy (non-hydrogen) atoms. The first kappa shape index (κ1) is 20.2. The van der Waals surface area contributed by atoms with Gasteiger partial charge in [0.15, 0.2) is 6.10 Å². The Labute approximate surface area is 158 Å². The smallest absolute Gasteiger partial charge is 0.331 e. The molecule has 0 saturated heterocycles. The first-order valence-electron chi connectivity index (χ1n) is 7.95. The summed E-state index contributed by atoms with van der Waals surface area (Å²) in [5.41, 5.74) is 0.00792. The van der Waals surface area contributed by atoms with Crippen molar-refractivity contribution in [2.24, 2.45) is 0 Å². The maximum atomic E-state index is 12.1. The van der Waals surface area contributed by atoms with E-state index in [-0.39, 0.29) is 22.6 Å². The van der Waals surface area contributed by atoms with Gasteiger partial charge in [-0.3, -0.25) is 25.0 Å². The second-order valence-corrected chi connectivity index (χ2v) is 5.53. The molecule has 1 unspecified atom stereocenters. The van der Waals surface area contributed by atoms with Crippen molar-refractivity contribution in [3.8, 4) is 0 Å². The van der Waals surface area contributed by atoms with Gasteiger partial charge in [-0.25, -0.2) is 4.79 Å². The Balaban J connectivity index is 1.98. The highest BCUT2D eigenvalue weighted by Gasteiger charge is 2.18. The first-order valence-corrected chi connectivity index (χ1v) is 7.95. The molecule has 0 aliphatic heterocycles. The summed E-state index contributed by atoms with van der Waals surface area (Å²) in [5, 5.41) is 24.1. The highest BCUT2D eigenvalue weighted by atomic mass is 16.6. The van der Waals surface area contributed by atoms with Crippen LogP contribution in [0.15, 0.2) is 54.6 Å². The lowest BCUT2D eigenvalue weighted by Gasteiger charge is -2.12. The van der Waals surface area contributed by atoms with Gasteiger partial charge in [0.05, 0.1) is 15.4 Å². The van der Waals surface area contributed by atoms with Gasteiger partial charge in [0, 0.05) is 30.0 Å². The van der Waals surface area contributed by atoms with Crippen molar-refractivity contribution in [1.82, 2.24) is 0 Å². The number of esters is 1. The summed E-state index contributed by atoms with van der Waals surface area (Å²) in [6, 6.07) is 11.1. The van der Waals surface area contributed by atoms with Crippen LogP contribution in [0, 0.1) is 20.2 Å². The van der Waals surface area contributed by atoms with Crippen LogP contribution in [0.3, 0.4) is 0 Å². The Morgan fingerprint density at radius 3 is 2.46 bits per heavy atom. The van der Waals surface area contributed by atoms with Crippen LogP contribution in [0.4, 0.5) is 17.1 Å². The molecule has 10 nitrogen and oxygen atoms in total. The number of carbonyl (C=O) groups is 2. The molecule has 0 heterocycles. The van der Waals surface area contributed by atoms with Gasteiger partial charge in [-0.2, -0.15) is 0 Å². The lowest BCUT2D eigenvalue weighted by atomic mass is 10.1. The van der Waals surface area contributed by atoms with Crippen LogP contribution in [-0.2, 0) is 14.3 Å². The minimum atomic E-state index is -1.19. The maximum absolute atomic E-state index is 12.1. The Bertz CT molecular complexity index is 956. The van der Waals surface area contributed by atoms with Crippen molar-refractivity contribution in [3.05, 3.63) is 80.4 Å². The van der Waals surface area contributed by atoms with Crippen LogP contribution >= 0.6 is 0 Å². The predicted molar refractivity (Wildman–Crippen MR) is 99.4 cm³/mol. The quantitative estimate of drug-likeness (QED) is 0.334. The van der Waals surface area contributed by atoms with Crippen molar-refractivity contribution in [2.75, 3.05) is 5.32 Å². The molecule has 0 aliphatic rings. The van der Waals surface area contributed by atoms with Crippen molar-refractivity contribution >= 4 is 35.0 Å². The van der Waals surface area contributed by atoms with E-state index in [1.165, 1.54) is 55.5 Å². The third kappa shape index (κ3) is 5.46. The fourth-order valence-electron chi connectivity index (χ4n) is 2.16. The maximum Gasteiger partial charge on any atom is 0.331 e.